The summed E-state index contributed by atoms with van der Waals surface area (Å²) in [5.41, 5.74) is 2.47. The molecule has 0 bridgehead atoms. The third-order valence-electron chi connectivity index (χ3n) is 3.68. The first-order valence-corrected chi connectivity index (χ1v) is 8.38. The summed E-state index contributed by atoms with van der Waals surface area (Å²) in [4.78, 5) is 0. The topological polar surface area (TPSA) is 165 Å². The maximum absolute atomic E-state index is 8.99. The SMILES string of the molecule is COc1cc(CN(c2ccc(C#N)cc2)n2cnnc2)ccc1OSN.O.O. The van der Waals surface area contributed by atoms with Crippen LogP contribution in [0.3, 0.4) is 0 Å². The van der Waals surface area contributed by atoms with E-state index in [0.29, 0.717) is 23.6 Å². The Morgan fingerprint density at radius 3 is 2.36 bits per heavy atom. The molecule has 0 aliphatic rings. The Bertz CT molecular complexity index is 899. The summed E-state index contributed by atoms with van der Waals surface area (Å²) in [7, 11) is 1.57. The summed E-state index contributed by atoms with van der Waals surface area (Å²) in [6.45, 7) is 0.524. The van der Waals surface area contributed by atoms with Crippen LogP contribution in [0.5, 0.6) is 11.5 Å². The summed E-state index contributed by atoms with van der Waals surface area (Å²) in [5, 5.41) is 24.1. The summed E-state index contributed by atoms with van der Waals surface area (Å²) < 4.78 is 12.4. The van der Waals surface area contributed by atoms with E-state index in [1.807, 2.05) is 29.3 Å². The van der Waals surface area contributed by atoms with Gasteiger partial charge in [0.25, 0.3) is 0 Å². The molecule has 28 heavy (non-hydrogen) atoms. The van der Waals surface area contributed by atoms with Gasteiger partial charge in [0.1, 0.15) is 24.9 Å². The van der Waals surface area contributed by atoms with E-state index in [9.17, 15) is 0 Å². The van der Waals surface area contributed by atoms with Gasteiger partial charge in [-0.1, -0.05) is 6.07 Å². The molecule has 0 atom stereocenters. The molecule has 1 aromatic heterocycles. The number of nitrogens with two attached hydrogens (primary N) is 1. The first kappa shape index (κ1) is 22.7. The van der Waals surface area contributed by atoms with E-state index in [-0.39, 0.29) is 11.0 Å². The van der Waals surface area contributed by atoms with Crippen molar-refractivity contribution in [3.63, 3.8) is 0 Å². The van der Waals surface area contributed by atoms with Gasteiger partial charge in [0.15, 0.2) is 11.5 Å². The zero-order valence-electron chi connectivity index (χ0n) is 14.9. The highest BCUT2D eigenvalue weighted by Gasteiger charge is 2.13. The zero-order valence-corrected chi connectivity index (χ0v) is 15.8. The lowest BCUT2D eigenvalue weighted by atomic mass is 10.1. The van der Waals surface area contributed by atoms with Crippen molar-refractivity contribution in [1.82, 2.24) is 14.9 Å². The second-order valence-electron chi connectivity index (χ2n) is 5.22. The Hall–Kier alpha value is -3.30. The summed E-state index contributed by atoms with van der Waals surface area (Å²) in [5.74, 6) is 1.14. The maximum atomic E-state index is 8.99. The highest BCUT2D eigenvalue weighted by molar-refractivity contribution is 7.92. The molecule has 3 aromatic rings. The van der Waals surface area contributed by atoms with Gasteiger partial charge in [0.05, 0.1) is 31.0 Å². The van der Waals surface area contributed by atoms with Crippen LogP contribution < -0.4 is 19.1 Å². The number of nitriles is 1. The van der Waals surface area contributed by atoms with Gasteiger partial charge in [-0.2, -0.15) is 5.26 Å². The molecule has 0 aliphatic heterocycles. The molecule has 0 amide bonds. The molecule has 148 valence electrons. The predicted octanol–water partition coefficient (Wildman–Crippen LogP) is 0.880. The molecule has 10 nitrogen and oxygen atoms in total. The molecule has 0 spiro atoms. The van der Waals surface area contributed by atoms with E-state index >= 15 is 0 Å². The van der Waals surface area contributed by atoms with Gasteiger partial charge >= 0.3 is 0 Å². The molecule has 0 unspecified atom stereocenters. The van der Waals surface area contributed by atoms with E-state index in [2.05, 4.69) is 16.3 Å². The number of methoxy groups -OCH3 is 1. The molecule has 3 rings (SSSR count). The quantitative estimate of drug-likeness (QED) is 0.447. The van der Waals surface area contributed by atoms with Crippen molar-refractivity contribution in [3.05, 3.63) is 66.2 Å². The van der Waals surface area contributed by atoms with Crippen LogP contribution in [-0.2, 0) is 6.54 Å². The fraction of sp³-hybridized carbons (Fsp3) is 0.118. The van der Waals surface area contributed by atoms with Crippen LogP contribution >= 0.6 is 12.2 Å². The van der Waals surface area contributed by atoms with Gasteiger partial charge in [-0.15, -0.1) is 10.2 Å². The van der Waals surface area contributed by atoms with Gasteiger partial charge in [-0.3, -0.25) is 5.01 Å². The van der Waals surface area contributed by atoms with Crippen LogP contribution in [0, 0.1) is 11.3 Å². The number of hydrogen-bond donors (Lipinski definition) is 1. The van der Waals surface area contributed by atoms with Gasteiger partial charge in [0, 0.05) is 0 Å². The molecular formula is C17H20N6O4S. The van der Waals surface area contributed by atoms with Crippen molar-refractivity contribution >= 4 is 17.9 Å². The predicted molar refractivity (Wildman–Crippen MR) is 105 cm³/mol. The first-order valence-electron chi connectivity index (χ1n) is 7.58. The summed E-state index contributed by atoms with van der Waals surface area (Å²) in [6.07, 6.45) is 3.22. The molecule has 6 N–H and O–H groups in total. The fourth-order valence-electron chi connectivity index (χ4n) is 2.44. The molecular weight excluding hydrogens is 384 g/mol. The van der Waals surface area contributed by atoms with Gasteiger partial charge in [-0.25, -0.2) is 9.82 Å². The van der Waals surface area contributed by atoms with Crippen molar-refractivity contribution in [2.45, 2.75) is 6.54 Å². The molecule has 0 saturated carbocycles. The third kappa shape index (κ3) is 5.12. The largest absolute Gasteiger partial charge is 0.493 e. The van der Waals surface area contributed by atoms with E-state index < -0.39 is 0 Å². The highest BCUT2D eigenvalue weighted by atomic mass is 32.2. The Balaban J connectivity index is 0.00000196. The van der Waals surface area contributed by atoms with E-state index in [4.69, 9.17) is 19.3 Å². The van der Waals surface area contributed by atoms with Crippen LogP contribution in [0.25, 0.3) is 0 Å². The van der Waals surface area contributed by atoms with Gasteiger partial charge in [-0.05, 0) is 42.0 Å². The Kier molecular flexibility index (Phi) is 8.73. The number of ether oxygens (including phenoxy) is 1. The van der Waals surface area contributed by atoms with E-state index in [1.165, 1.54) is 0 Å². The zero-order chi connectivity index (χ0) is 18.4. The number of rotatable bonds is 7. The third-order valence-corrected chi connectivity index (χ3v) is 3.95. The Morgan fingerprint density at radius 1 is 1.11 bits per heavy atom. The van der Waals surface area contributed by atoms with Crippen LogP contribution in [0.2, 0.25) is 0 Å². The minimum atomic E-state index is 0. The lowest BCUT2D eigenvalue weighted by Gasteiger charge is -2.25. The molecule has 0 radical (unpaired) electrons. The Labute approximate surface area is 166 Å². The minimum absolute atomic E-state index is 0. The smallest absolute Gasteiger partial charge is 0.181 e. The number of hydrogen-bond acceptors (Lipinski definition) is 8. The normalized spacial score (nSPS) is 9.46. The number of nitrogens with zero attached hydrogens (tertiary/aromatic N) is 5. The van der Waals surface area contributed by atoms with E-state index in [1.54, 1.807) is 42.6 Å². The first-order chi connectivity index (χ1) is 12.7. The monoisotopic (exact) mass is 404 g/mol. The van der Waals surface area contributed by atoms with Gasteiger partial charge in [0.2, 0.25) is 0 Å². The molecule has 0 saturated heterocycles. The average Bonchev–Trinajstić information content (AvgIpc) is 3.22. The number of benzene rings is 2. The van der Waals surface area contributed by atoms with Gasteiger partial charge < -0.3 is 19.9 Å². The molecule has 2 aromatic carbocycles. The highest BCUT2D eigenvalue weighted by Crippen LogP contribution is 2.30. The number of aromatic nitrogens is 3. The van der Waals surface area contributed by atoms with Crippen LogP contribution in [-0.4, -0.2) is 32.9 Å². The average molecular weight is 404 g/mol. The Morgan fingerprint density at radius 2 is 1.79 bits per heavy atom. The van der Waals surface area contributed by atoms with Crippen LogP contribution in [0.15, 0.2) is 55.1 Å². The van der Waals surface area contributed by atoms with Crippen molar-refractivity contribution in [3.8, 4) is 17.6 Å². The molecule has 1 heterocycles. The van der Waals surface area contributed by atoms with Crippen molar-refractivity contribution in [2.24, 2.45) is 5.14 Å². The van der Waals surface area contributed by atoms with Crippen molar-refractivity contribution < 1.29 is 19.9 Å². The second kappa shape index (κ2) is 10.8. The molecule has 0 aliphatic carbocycles. The molecule has 0 fully saturated rings. The standard InChI is InChI=1S/C17H16N6O2S.2H2O/c1-24-17-8-14(4-7-16(17)25-26-19)10-23(22-11-20-21-12-22)15-5-2-13(9-18)3-6-15;;/h2-8,11-12H,10,19H2,1H3;2*1H2. The lowest BCUT2D eigenvalue weighted by molar-refractivity contribution is 0.399. The minimum Gasteiger partial charge on any atom is -0.493 e. The lowest BCUT2D eigenvalue weighted by Crippen LogP contribution is -2.27. The van der Waals surface area contributed by atoms with Crippen LogP contribution in [0.4, 0.5) is 5.69 Å². The summed E-state index contributed by atoms with van der Waals surface area (Å²) >= 11 is 0.765. The molecule has 11 heteroatoms. The maximum Gasteiger partial charge on any atom is 0.181 e. The van der Waals surface area contributed by atoms with E-state index in [0.717, 1.165) is 23.5 Å². The van der Waals surface area contributed by atoms with Crippen molar-refractivity contribution in [2.75, 3.05) is 12.1 Å². The summed E-state index contributed by atoms with van der Waals surface area (Å²) in [6, 6.07) is 15.0. The van der Waals surface area contributed by atoms with Crippen LogP contribution in [0.1, 0.15) is 11.1 Å². The fourth-order valence-corrected chi connectivity index (χ4v) is 2.68. The van der Waals surface area contributed by atoms with Crippen molar-refractivity contribution in [1.29, 1.82) is 5.26 Å². The second-order valence-corrected chi connectivity index (χ2v) is 5.58. The number of anilines is 1.